The van der Waals surface area contributed by atoms with Crippen LogP contribution in [0.2, 0.25) is 0 Å². The van der Waals surface area contributed by atoms with Gasteiger partial charge in [-0.3, -0.25) is 4.79 Å². The number of hydrogen-bond donors (Lipinski definition) is 3. The van der Waals surface area contributed by atoms with Crippen LogP contribution in [0.1, 0.15) is 12.8 Å². The van der Waals surface area contributed by atoms with Crippen molar-refractivity contribution in [3.63, 3.8) is 0 Å². The van der Waals surface area contributed by atoms with Crippen LogP contribution in [-0.2, 0) is 19.7 Å². The van der Waals surface area contributed by atoms with Gasteiger partial charge in [0.15, 0.2) is 0 Å². The van der Waals surface area contributed by atoms with Crippen LogP contribution >= 0.6 is 0 Å². The summed E-state index contributed by atoms with van der Waals surface area (Å²) in [6, 6.07) is -1.21. The first-order chi connectivity index (χ1) is 7.35. The normalized spacial score (nSPS) is 17.6. The molecule has 1 aliphatic carbocycles. The zero-order chi connectivity index (χ0) is 12.3. The number of nitrogens with one attached hydrogen (secondary N) is 2. The molecule has 92 valence electrons. The summed E-state index contributed by atoms with van der Waals surface area (Å²) in [4.78, 5) is 21.4. The molecular weight excluding hydrogens is 240 g/mol. The fourth-order valence-corrected chi connectivity index (χ4v) is 2.12. The van der Waals surface area contributed by atoms with E-state index < -0.39 is 28.3 Å². The van der Waals surface area contributed by atoms with E-state index in [4.69, 9.17) is 5.11 Å². The van der Waals surface area contributed by atoms with E-state index in [0.29, 0.717) is 12.8 Å². The summed E-state index contributed by atoms with van der Waals surface area (Å²) in [7, 11) is -3.20. The van der Waals surface area contributed by atoms with Gasteiger partial charge in [0, 0.05) is 0 Å². The molecule has 3 N–H and O–H groups in total. The molecule has 1 aliphatic rings. The molecule has 1 unspecified atom stereocenters. The minimum absolute atomic E-state index is 0.216. The van der Waals surface area contributed by atoms with Crippen molar-refractivity contribution in [2.75, 3.05) is 7.11 Å². The van der Waals surface area contributed by atoms with Gasteiger partial charge in [-0.15, -0.1) is 0 Å². The lowest BCUT2D eigenvalue weighted by Gasteiger charge is -2.13. The molecule has 0 spiro atoms. The van der Waals surface area contributed by atoms with Crippen LogP contribution in [0.15, 0.2) is 0 Å². The van der Waals surface area contributed by atoms with Gasteiger partial charge in [0.2, 0.25) is 0 Å². The fourth-order valence-electron chi connectivity index (χ4n) is 1.13. The van der Waals surface area contributed by atoms with E-state index in [9.17, 15) is 18.0 Å². The van der Waals surface area contributed by atoms with Crippen molar-refractivity contribution in [2.45, 2.75) is 18.9 Å². The molecule has 8 nitrogen and oxygen atoms in total. The van der Waals surface area contributed by atoms with E-state index in [2.05, 4.69) is 4.74 Å². The molecule has 0 aromatic rings. The lowest BCUT2D eigenvalue weighted by molar-refractivity contribution is -0.139. The van der Waals surface area contributed by atoms with Gasteiger partial charge < -0.3 is 9.84 Å². The van der Waals surface area contributed by atoms with Crippen molar-refractivity contribution >= 4 is 22.3 Å². The van der Waals surface area contributed by atoms with E-state index in [1.54, 1.807) is 0 Å². The van der Waals surface area contributed by atoms with Gasteiger partial charge in [0.1, 0.15) is 6.04 Å². The van der Waals surface area contributed by atoms with Crippen molar-refractivity contribution in [3.05, 3.63) is 0 Å². The van der Waals surface area contributed by atoms with Gasteiger partial charge in [-0.25, -0.2) is 9.52 Å². The summed E-state index contributed by atoms with van der Waals surface area (Å²) < 4.78 is 30.0. The van der Waals surface area contributed by atoms with Crippen LogP contribution in [-0.4, -0.2) is 38.7 Å². The number of hydrogen-bond acceptors (Lipinski definition) is 5. The average molecular weight is 252 g/mol. The second kappa shape index (κ2) is 4.66. The molecule has 0 aromatic heterocycles. The third-order valence-electron chi connectivity index (χ3n) is 2.04. The van der Waals surface area contributed by atoms with Crippen LogP contribution < -0.4 is 9.44 Å². The molecule has 16 heavy (non-hydrogen) atoms. The summed E-state index contributed by atoms with van der Waals surface area (Å²) in [5, 5.41) is 8.77. The Morgan fingerprint density at radius 1 is 1.44 bits per heavy atom. The monoisotopic (exact) mass is 252 g/mol. The summed E-state index contributed by atoms with van der Waals surface area (Å²) in [5.41, 5.74) is 0. The first-order valence-electron chi connectivity index (χ1n) is 4.46. The van der Waals surface area contributed by atoms with Gasteiger partial charge in [-0.05, 0) is 18.8 Å². The molecule has 1 rings (SSSR count). The molecule has 9 heteroatoms. The van der Waals surface area contributed by atoms with E-state index in [1.165, 1.54) is 4.72 Å². The first kappa shape index (κ1) is 12.7. The van der Waals surface area contributed by atoms with Crippen LogP contribution in [0.3, 0.4) is 0 Å². The number of carbonyl (C=O) groups is 2. The molecule has 1 amide bonds. The topological polar surface area (TPSA) is 122 Å². The van der Waals surface area contributed by atoms with Crippen molar-refractivity contribution in [1.29, 1.82) is 0 Å². The Hall–Kier alpha value is -1.35. The van der Waals surface area contributed by atoms with Gasteiger partial charge >= 0.3 is 22.3 Å². The largest absolute Gasteiger partial charge is 0.480 e. The quantitative estimate of drug-likeness (QED) is 0.579. The number of ether oxygens (including phenoxy) is 1. The van der Waals surface area contributed by atoms with Gasteiger partial charge in [-0.1, -0.05) is 0 Å². The third-order valence-corrected chi connectivity index (χ3v) is 3.04. The Bertz CT molecular complexity index is 388. The van der Waals surface area contributed by atoms with Crippen molar-refractivity contribution in [1.82, 2.24) is 9.44 Å². The number of aliphatic carboxylic acids is 1. The minimum Gasteiger partial charge on any atom is -0.480 e. The fraction of sp³-hybridized carbons (Fsp3) is 0.714. The second-order valence-corrected chi connectivity index (χ2v) is 4.81. The maximum Gasteiger partial charge on any atom is 0.421 e. The lowest BCUT2D eigenvalue weighted by atomic mass is 10.2. The number of carboxylic acids is 1. The maximum absolute atomic E-state index is 11.3. The van der Waals surface area contributed by atoms with E-state index in [-0.39, 0.29) is 5.92 Å². The van der Waals surface area contributed by atoms with E-state index >= 15 is 0 Å². The van der Waals surface area contributed by atoms with Gasteiger partial charge in [0.25, 0.3) is 0 Å². The molecule has 0 aliphatic heterocycles. The average Bonchev–Trinajstić information content (AvgIpc) is 2.96. The highest BCUT2D eigenvalue weighted by Crippen LogP contribution is 2.32. The zero-order valence-corrected chi connectivity index (χ0v) is 9.28. The zero-order valence-electron chi connectivity index (χ0n) is 8.47. The van der Waals surface area contributed by atoms with Gasteiger partial charge in [-0.2, -0.15) is 13.1 Å². The number of carbonyl (C=O) groups excluding carboxylic acids is 1. The third kappa shape index (κ3) is 3.66. The van der Waals surface area contributed by atoms with Crippen molar-refractivity contribution in [3.8, 4) is 0 Å². The Kier molecular flexibility index (Phi) is 3.70. The predicted octanol–water partition coefficient (Wildman–Crippen LogP) is -0.960. The number of methoxy groups -OCH3 is 1. The highest BCUT2D eigenvalue weighted by atomic mass is 32.2. The van der Waals surface area contributed by atoms with E-state index in [1.807, 2.05) is 4.72 Å². The Labute approximate surface area is 92.1 Å². The van der Waals surface area contributed by atoms with Crippen LogP contribution in [0, 0.1) is 5.92 Å². The Balaban J connectivity index is 2.62. The summed E-state index contributed by atoms with van der Waals surface area (Å²) in [6.07, 6.45) is 0.127. The SMILES string of the molecule is COC(=O)NS(=O)(=O)NC(C(=O)O)C1CC1. The molecule has 1 fully saturated rings. The summed E-state index contributed by atoms with van der Waals surface area (Å²) in [5.74, 6) is -1.48. The summed E-state index contributed by atoms with van der Waals surface area (Å²) >= 11 is 0. The van der Waals surface area contributed by atoms with E-state index in [0.717, 1.165) is 7.11 Å². The molecule has 0 heterocycles. The molecule has 0 bridgehead atoms. The van der Waals surface area contributed by atoms with Gasteiger partial charge in [0.05, 0.1) is 7.11 Å². The smallest absolute Gasteiger partial charge is 0.421 e. The molecular formula is C7H12N2O6S. The Morgan fingerprint density at radius 2 is 2.00 bits per heavy atom. The Morgan fingerprint density at radius 3 is 2.38 bits per heavy atom. The second-order valence-electron chi connectivity index (χ2n) is 3.37. The molecule has 0 radical (unpaired) electrons. The summed E-state index contributed by atoms with van der Waals surface area (Å²) in [6.45, 7) is 0. The highest BCUT2D eigenvalue weighted by Gasteiger charge is 2.39. The lowest BCUT2D eigenvalue weighted by Crippen LogP contribution is -2.49. The van der Waals surface area contributed by atoms with Crippen LogP contribution in [0.5, 0.6) is 0 Å². The number of amides is 1. The minimum atomic E-state index is -4.20. The molecule has 1 saturated carbocycles. The van der Waals surface area contributed by atoms with Crippen molar-refractivity contribution in [2.24, 2.45) is 5.92 Å². The molecule has 0 saturated heterocycles. The molecule has 0 aromatic carbocycles. The van der Waals surface area contributed by atoms with Crippen LogP contribution in [0.4, 0.5) is 4.79 Å². The number of rotatable bonds is 5. The number of carboxylic acid groups (broad SMARTS) is 1. The first-order valence-corrected chi connectivity index (χ1v) is 5.95. The maximum atomic E-state index is 11.3. The van der Waals surface area contributed by atoms with Crippen molar-refractivity contribution < 1.29 is 27.9 Å². The predicted molar refractivity (Wildman–Crippen MR) is 51.7 cm³/mol. The van der Waals surface area contributed by atoms with Crippen LogP contribution in [0.25, 0.3) is 0 Å². The standard InChI is InChI=1S/C7H12N2O6S/c1-15-7(12)9-16(13,14)8-5(6(10)11)4-2-3-4/h4-5,8H,2-3H2,1H3,(H,9,12)(H,10,11). The highest BCUT2D eigenvalue weighted by molar-refractivity contribution is 7.88. The molecule has 1 atom stereocenters.